The van der Waals surface area contributed by atoms with Gasteiger partial charge >= 0.3 is 5.97 Å². The Bertz CT molecular complexity index is 3730. The Hall–Kier alpha value is -8.06. The number of aromatic nitrogens is 2. The number of hydrogen-bond acceptors (Lipinski definition) is 15. The van der Waals surface area contributed by atoms with Crippen molar-refractivity contribution in [1.29, 1.82) is 10.5 Å². The van der Waals surface area contributed by atoms with Crippen LogP contribution < -0.4 is 35.2 Å². The summed E-state index contributed by atoms with van der Waals surface area (Å²) in [4.78, 5) is 43.1. The van der Waals surface area contributed by atoms with Gasteiger partial charge in [-0.3, -0.25) is 4.79 Å². The second kappa shape index (κ2) is 27.8. The van der Waals surface area contributed by atoms with Gasteiger partial charge in [0.25, 0.3) is 5.91 Å². The molecule has 1 amide bonds. The van der Waals surface area contributed by atoms with E-state index in [0.29, 0.717) is 79.2 Å². The minimum atomic E-state index is -4.26. The Labute approximate surface area is 496 Å². The molecule has 448 valence electrons. The molecule has 4 fully saturated rings. The minimum absolute atomic E-state index is 0.158. The summed E-state index contributed by atoms with van der Waals surface area (Å²) in [7, 11) is -8.31. The summed E-state index contributed by atoms with van der Waals surface area (Å²) in [5.74, 6) is -1.91. The fourth-order valence-corrected chi connectivity index (χ4v) is 13.3. The highest BCUT2D eigenvalue weighted by molar-refractivity contribution is 7.89. The van der Waals surface area contributed by atoms with Crippen LogP contribution in [-0.4, -0.2) is 127 Å². The molecule has 0 radical (unpaired) electrons. The number of benzene rings is 4. The largest absolute Gasteiger partial charge is 0.477 e. The predicted molar refractivity (Wildman–Crippen MR) is 323 cm³/mol. The standard InChI is InChI=1S/C31H35FN6O3S.C21H23N3O2.C10H14FN3O2S/c1-21-18-22(2)29(35-26(21)19-23-10-12-36(13-11-23)27-8-4-3-6-24(27)20-33)31(39)38-16-14-37(15-17-38)28-9-5-7-25(32)30(28)42(34,40)41;1-14-11-15(2)20(21(25)26)23-18(14)12-16-7-9-24(10-8-16)19-6-4-3-5-17(19)13-22;11-8-2-1-3-9(10(8)17(12,15)16)14-6-4-13-5-7-14/h3-9,18,23H,10-17,19H2,1-2H3,(H2,34,40,41);3-6,11,16H,7-10,12H2,1-2H3,(H,25,26);1-3,13H,4-7H2,(H2,12,15,16). The number of pyridine rings is 2. The molecule has 0 atom stereocenters. The number of primary sulfonamides is 2. The van der Waals surface area contributed by atoms with E-state index in [-0.39, 0.29) is 17.3 Å². The van der Waals surface area contributed by atoms with E-state index >= 15 is 0 Å². The van der Waals surface area contributed by atoms with Gasteiger partial charge in [0.15, 0.2) is 5.69 Å². The van der Waals surface area contributed by atoms with Crippen LogP contribution in [0.3, 0.4) is 0 Å². The quantitative estimate of drug-likeness (QED) is 0.0930. The van der Waals surface area contributed by atoms with Crippen molar-refractivity contribution in [3.8, 4) is 12.1 Å². The Kier molecular flexibility index (Phi) is 20.6. The SMILES string of the molecule is Cc1cc(C)c(C(=O)N2CCN(c3cccc(F)c3S(N)(=O)=O)CC2)nc1CC1CCN(c2ccccc2C#N)CC1.Cc1cc(C)c(C(=O)O)nc1CC1CCN(c2ccccc2C#N)CC1.NS(=O)(=O)c1c(F)cccc1N1CCNCC1. The fourth-order valence-electron chi connectivity index (χ4n) is 11.7. The monoisotopic (exact) mass is 1200 g/mol. The smallest absolute Gasteiger partial charge is 0.354 e. The first-order valence-electron chi connectivity index (χ1n) is 28.3. The van der Waals surface area contributed by atoms with E-state index in [0.717, 1.165) is 129 Å². The number of nitrogens with two attached hydrogens (primary N) is 2. The molecule has 6 N–H and O–H groups in total. The Morgan fingerprint density at radius 1 is 0.553 bits per heavy atom. The van der Waals surface area contributed by atoms with Crippen LogP contribution in [0.1, 0.15) is 91.4 Å². The van der Waals surface area contributed by atoms with E-state index in [1.165, 1.54) is 18.2 Å². The van der Waals surface area contributed by atoms with Crippen molar-refractivity contribution in [2.75, 3.05) is 98.1 Å². The molecule has 0 bridgehead atoms. The van der Waals surface area contributed by atoms with E-state index in [4.69, 9.17) is 15.3 Å². The molecule has 85 heavy (non-hydrogen) atoms. The first kappa shape index (κ1) is 63.0. The van der Waals surface area contributed by atoms with Gasteiger partial charge < -0.3 is 34.9 Å². The second-order valence-corrected chi connectivity index (χ2v) is 24.9. The lowest BCUT2D eigenvalue weighted by Crippen LogP contribution is -2.49. The van der Waals surface area contributed by atoms with Gasteiger partial charge in [-0.05, 0) is 149 Å². The Morgan fingerprint density at radius 2 is 0.929 bits per heavy atom. The van der Waals surface area contributed by atoms with Crippen molar-refractivity contribution < 1.29 is 40.3 Å². The maximum atomic E-state index is 14.4. The topological polar surface area (TPSA) is 276 Å². The molecule has 19 nitrogen and oxygen atoms in total. The third-order valence-electron chi connectivity index (χ3n) is 16.2. The number of para-hydroxylation sites is 2. The zero-order valence-corrected chi connectivity index (χ0v) is 49.9. The normalized spacial score (nSPS) is 16.1. The molecule has 6 heterocycles. The zero-order chi connectivity index (χ0) is 61.2. The van der Waals surface area contributed by atoms with Gasteiger partial charge in [0.1, 0.15) is 39.3 Å². The number of nitriles is 2. The van der Waals surface area contributed by atoms with Crippen LogP contribution in [-0.2, 0) is 32.9 Å². The number of carbonyl (C=O) groups is 2. The molecule has 10 rings (SSSR count). The number of piperazine rings is 2. The molecule has 4 aliphatic rings. The molecule has 4 aliphatic heterocycles. The number of carboxylic acids is 1. The molecule has 4 saturated heterocycles. The summed E-state index contributed by atoms with van der Waals surface area (Å²) >= 11 is 0. The third kappa shape index (κ3) is 15.4. The van der Waals surface area contributed by atoms with Gasteiger partial charge in [-0.1, -0.05) is 48.5 Å². The Balaban J connectivity index is 0.000000185. The van der Waals surface area contributed by atoms with Crippen molar-refractivity contribution in [1.82, 2.24) is 20.2 Å². The molecular formula is C62H72F2N12O7S2. The van der Waals surface area contributed by atoms with E-state index < -0.39 is 47.4 Å². The number of anilines is 4. The second-order valence-electron chi connectivity index (χ2n) is 21.9. The number of rotatable bonds is 12. The van der Waals surface area contributed by atoms with Crippen molar-refractivity contribution in [2.24, 2.45) is 22.1 Å². The van der Waals surface area contributed by atoms with Crippen LogP contribution in [0.2, 0.25) is 0 Å². The van der Waals surface area contributed by atoms with E-state index in [9.17, 15) is 50.8 Å². The third-order valence-corrected chi connectivity index (χ3v) is 18.1. The summed E-state index contributed by atoms with van der Waals surface area (Å²) in [6.45, 7) is 15.3. The number of amides is 1. The van der Waals surface area contributed by atoms with Crippen molar-refractivity contribution in [3.05, 3.63) is 165 Å². The number of carbonyl (C=O) groups excluding carboxylic acids is 1. The number of halogens is 2. The number of nitrogens with zero attached hydrogens (tertiary/aromatic N) is 9. The van der Waals surface area contributed by atoms with Gasteiger partial charge in [0, 0.05) is 89.9 Å². The summed E-state index contributed by atoms with van der Waals surface area (Å²) in [6.07, 6.45) is 5.56. The maximum Gasteiger partial charge on any atom is 0.354 e. The number of sulfonamides is 2. The van der Waals surface area contributed by atoms with Crippen LogP contribution >= 0.6 is 0 Å². The molecule has 0 aliphatic carbocycles. The number of aryl methyl sites for hydroxylation is 4. The van der Waals surface area contributed by atoms with Crippen LogP contribution in [0.4, 0.5) is 31.5 Å². The number of carboxylic acid groups (broad SMARTS) is 1. The average Bonchev–Trinajstić information content (AvgIpc) is 3.68. The number of piperidine rings is 2. The van der Waals surface area contributed by atoms with E-state index in [1.807, 2.05) is 86.3 Å². The summed E-state index contributed by atoms with van der Waals surface area (Å²) < 4.78 is 74.9. The van der Waals surface area contributed by atoms with Gasteiger partial charge in [-0.25, -0.2) is 50.7 Å². The van der Waals surface area contributed by atoms with Crippen LogP contribution in [0.25, 0.3) is 0 Å². The van der Waals surface area contributed by atoms with Crippen LogP contribution in [0, 0.1) is 73.8 Å². The van der Waals surface area contributed by atoms with E-state index in [1.54, 1.807) is 22.8 Å². The molecule has 0 unspecified atom stereocenters. The molecule has 0 spiro atoms. The molecular weight excluding hydrogens is 1130 g/mol. The minimum Gasteiger partial charge on any atom is -0.477 e. The van der Waals surface area contributed by atoms with Crippen molar-refractivity contribution >= 4 is 54.7 Å². The van der Waals surface area contributed by atoms with Crippen molar-refractivity contribution in [2.45, 2.75) is 76.0 Å². The highest BCUT2D eigenvalue weighted by Crippen LogP contribution is 2.33. The Morgan fingerprint density at radius 3 is 1.34 bits per heavy atom. The molecule has 4 aromatic carbocycles. The number of nitrogens with one attached hydrogen (secondary N) is 1. The van der Waals surface area contributed by atoms with Gasteiger partial charge in [0.2, 0.25) is 20.0 Å². The van der Waals surface area contributed by atoms with E-state index in [2.05, 4.69) is 32.2 Å². The predicted octanol–water partition coefficient (Wildman–Crippen LogP) is 7.39. The molecule has 23 heteroatoms. The first-order chi connectivity index (χ1) is 40.6. The molecule has 6 aromatic rings. The van der Waals surface area contributed by atoms with Gasteiger partial charge in [-0.15, -0.1) is 0 Å². The molecule has 2 aromatic heterocycles. The highest BCUT2D eigenvalue weighted by atomic mass is 32.2. The lowest BCUT2D eigenvalue weighted by Gasteiger charge is -2.37. The zero-order valence-electron chi connectivity index (χ0n) is 48.3. The van der Waals surface area contributed by atoms with Gasteiger partial charge in [0.05, 0.1) is 33.9 Å². The fraction of sp³-hybridized carbons (Fsp3) is 0.387. The summed E-state index contributed by atoms with van der Waals surface area (Å²) in [5, 5.41) is 41.5. The van der Waals surface area contributed by atoms with Crippen molar-refractivity contribution in [3.63, 3.8) is 0 Å². The number of hydrogen-bond donors (Lipinski definition) is 4. The summed E-state index contributed by atoms with van der Waals surface area (Å²) in [6, 6.07) is 32.1. The lowest BCUT2D eigenvalue weighted by molar-refractivity contribution is 0.0687. The highest BCUT2D eigenvalue weighted by Gasteiger charge is 2.31. The van der Waals surface area contributed by atoms with Gasteiger partial charge in [-0.2, -0.15) is 10.5 Å². The maximum absolute atomic E-state index is 14.4. The number of aromatic carboxylic acids is 1. The summed E-state index contributed by atoms with van der Waals surface area (Å²) in [5.41, 5.74) is 10.00. The molecule has 0 saturated carbocycles. The first-order valence-corrected chi connectivity index (χ1v) is 31.4. The average molecular weight is 1200 g/mol. The van der Waals surface area contributed by atoms with Crippen LogP contribution in [0.15, 0.2) is 107 Å². The van der Waals surface area contributed by atoms with Crippen LogP contribution in [0.5, 0.6) is 0 Å². The lowest BCUT2D eigenvalue weighted by atomic mass is 9.90.